The highest BCUT2D eigenvalue weighted by Gasteiger charge is 2.44. The van der Waals surface area contributed by atoms with Crippen LogP contribution in [0, 0.1) is 5.41 Å². The van der Waals surface area contributed by atoms with Gasteiger partial charge in [0.15, 0.2) is 0 Å². The molecule has 25 heavy (non-hydrogen) atoms. The maximum atomic E-state index is 12.6. The van der Waals surface area contributed by atoms with Crippen molar-refractivity contribution in [1.29, 1.82) is 0 Å². The highest BCUT2D eigenvalue weighted by atomic mass is 32.2. The summed E-state index contributed by atoms with van der Waals surface area (Å²) in [7, 11) is -3.25. The van der Waals surface area contributed by atoms with E-state index in [9.17, 15) is 13.2 Å². The van der Waals surface area contributed by atoms with Gasteiger partial charge in [-0.05, 0) is 44.7 Å². The largest absolute Gasteiger partial charge is 0.338 e. The number of sulfonamides is 1. The molecule has 2 aliphatic rings. The summed E-state index contributed by atoms with van der Waals surface area (Å²) in [6.45, 7) is 5.77. The Bertz CT molecular complexity index is 720. The van der Waals surface area contributed by atoms with Crippen molar-refractivity contribution in [3.63, 3.8) is 0 Å². The van der Waals surface area contributed by atoms with Crippen molar-refractivity contribution in [3.8, 4) is 0 Å². The Morgan fingerprint density at radius 2 is 2.08 bits per heavy atom. The molecule has 0 saturated carbocycles. The van der Waals surface area contributed by atoms with E-state index in [1.807, 2.05) is 17.0 Å². The first kappa shape index (κ1) is 18.3. The van der Waals surface area contributed by atoms with Gasteiger partial charge >= 0.3 is 0 Å². The number of piperidine rings is 2. The van der Waals surface area contributed by atoms with Gasteiger partial charge in [0.25, 0.3) is 0 Å². The van der Waals surface area contributed by atoms with Gasteiger partial charge in [0.1, 0.15) is 0 Å². The Morgan fingerprint density at radius 3 is 2.76 bits per heavy atom. The van der Waals surface area contributed by atoms with E-state index in [-0.39, 0.29) is 11.3 Å². The number of likely N-dealkylation sites (tertiary alicyclic amines) is 1. The Kier molecular flexibility index (Phi) is 5.16. The van der Waals surface area contributed by atoms with E-state index in [1.165, 1.54) is 0 Å². The van der Waals surface area contributed by atoms with Crippen molar-refractivity contribution in [2.24, 2.45) is 5.41 Å². The second-order valence-electron chi connectivity index (χ2n) is 7.64. The molecule has 1 spiro atoms. The first-order valence-corrected chi connectivity index (χ1v) is 10.5. The average molecular weight is 365 g/mol. The van der Waals surface area contributed by atoms with Gasteiger partial charge in [-0.2, -0.15) is 0 Å². The van der Waals surface area contributed by atoms with Crippen LogP contribution < -0.4 is 0 Å². The van der Waals surface area contributed by atoms with Crippen LogP contribution in [0.1, 0.15) is 45.1 Å². The Morgan fingerprint density at radius 1 is 1.28 bits per heavy atom. The quantitative estimate of drug-likeness (QED) is 0.818. The highest BCUT2D eigenvalue weighted by Crippen LogP contribution is 2.40. The summed E-state index contributed by atoms with van der Waals surface area (Å²) in [5.74, 6) is 0.151. The number of aromatic nitrogens is 1. The molecule has 1 aromatic rings. The van der Waals surface area contributed by atoms with E-state index < -0.39 is 15.3 Å². The van der Waals surface area contributed by atoms with E-state index in [0.717, 1.165) is 24.8 Å². The molecule has 7 heteroatoms. The number of pyridine rings is 1. The zero-order valence-corrected chi connectivity index (χ0v) is 15.8. The zero-order chi connectivity index (χ0) is 18.1. The number of carbonyl (C=O) groups excluding carboxylic acids is 1. The Balaban J connectivity index is 1.76. The van der Waals surface area contributed by atoms with Crippen molar-refractivity contribution in [2.75, 3.05) is 19.6 Å². The molecular formula is C18H27N3O3S. The summed E-state index contributed by atoms with van der Waals surface area (Å²) in [5.41, 5.74) is 0.895. The summed E-state index contributed by atoms with van der Waals surface area (Å²) in [6.07, 6.45) is 6.62. The molecule has 2 fully saturated rings. The summed E-state index contributed by atoms with van der Waals surface area (Å²) in [6, 6.07) is 3.84. The number of hydrogen-bond acceptors (Lipinski definition) is 4. The second-order valence-corrected chi connectivity index (χ2v) is 10.1. The fraction of sp³-hybridized carbons (Fsp3) is 0.667. The summed E-state index contributed by atoms with van der Waals surface area (Å²) in [5, 5.41) is -0.403. The van der Waals surface area contributed by atoms with Gasteiger partial charge in [-0.3, -0.25) is 9.78 Å². The fourth-order valence-corrected chi connectivity index (χ4v) is 5.40. The first-order chi connectivity index (χ1) is 11.8. The lowest BCUT2D eigenvalue weighted by Gasteiger charge is -2.48. The zero-order valence-electron chi connectivity index (χ0n) is 15.0. The Hall–Kier alpha value is -1.47. The van der Waals surface area contributed by atoms with Gasteiger partial charge in [0.05, 0.1) is 5.25 Å². The summed E-state index contributed by atoms with van der Waals surface area (Å²) >= 11 is 0. The number of nitrogens with zero attached hydrogens (tertiary/aromatic N) is 3. The Labute approximate surface area is 150 Å². The minimum Gasteiger partial charge on any atom is -0.338 e. The molecule has 0 N–H and O–H groups in total. The predicted molar refractivity (Wildman–Crippen MR) is 96.2 cm³/mol. The molecule has 1 aromatic heterocycles. The van der Waals surface area contributed by atoms with Crippen LogP contribution in [0.4, 0.5) is 0 Å². The molecule has 1 amide bonds. The van der Waals surface area contributed by atoms with E-state index in [2.05, 4.69) is 4.98 Å². The lowest BCUT2D eigenvalue weighted by atomic mass is 9.74. The third-order valence-corrected chi connectivity index (χ3v) is 7.65. The van der Waals surface area contributed by atoms with Crippen LogP contribution in [0.5, 0.6) is 0 Å². The molecule has 1 atom stereocenters. The molecule has 3 heterocycles. The van der Waals surface area contributed by atoms with Gasteiger partial charge in [0.2, 0.25) is 15.9 Å². The van der Waals surface area contributed by atoms with E-state index in [1.54, 1.807) is 30.5 Å². The van der Waals surface area contributed by atoms with E-state index in [0.29, 0.717) is 32.6 Å². The maximum absolute atomic E-state index is 12.6. The first-order valence-electron chi connectivity index (χ1n) is 8.98. The highest BCUT2D eigenvalue weighted by molar-refractivity contribution is 7.89. The third kappa shape index (κ3) is 3.87. The third-order valence-electron chi connectivity index (χ3n) is 5.43. The average Bonchev–Trinajstić information content (AvgIpc) is 2.59. The molecule has 0 radical (unpaired) electrons. The second kappa shape index (κ2) is 7.03. The van der Waals surface area contributed by atoms with E-state index >= 15 is 0 Å². The van der Waals surface area contributed by atoms with Gasteiger partial charge < -0.3 is 4.90 Å². The van der Waals surface area contributed by atoms with Crippen LogP contribution in [0.15, 0.2) is 24.5 Å². The lowest BCUT2D eigenvalue weighted by molar-refractivity contribution is -0.139. The maximum Gasteiger partial charge on any atom is 0.222 e. The van der Waals surface area contributed by atoms with Crippen LogP contribution in [0.3, 0.4) is 0 Å². The van der Waals surface area contributed by atoms with Gasteiger partial charge in [-0.15, -0.1) is 0 Å². The van der Waals surface area contributed by atoms with Crippen molar-refractivity contribution >= 4 is 15.9 Å². The van der Waals surface area contributed by atoms with Crippen molar-refractivity contribution in [3.05, 3.63) is 30.1 Å². The summed E-state index contributed by atoms with van der Waals surface area (Å²) in [4.78, 5) is 18.4. The number of carbonyl (C=O) groups is 1. The smallest absolute Gasteiger partial charge is 0.222 e. The van der Waals surface area contributed by atoms with Crippen LogP contribution in [0.2, 0.25) is 0 Å². The van der Waals surface area contributed by atoms with Crippen LogP contribution >= 0.6 is 0 Å². The fourth-order valence-electron chi connectivity index (χ4n) is 3.97. The minimum absolute atomic E-state index is 0.115. The van der Waals surface area contributed by atoms with Crippen molar-refractivity contribution < 1.29 is 13.2 Å². The topological polar surface area (TPSA) is 70.6 Å². The lowest BCUT2D eigenvalue weighted by Crippen LogP contribution is -2.55. The molecular weight excluding hydrogens is 338 g/mol. The molecule has 0 unspecified atom stereocenters. The minimum atomic E-state index is -3.25. The number of rotatable bonds is 4. The standard InChI is InChI=1S/C18H27N3O3S/c1-15(2)25(23,24)21-10-4-7-18(14-21)8-6-17(22)20(13-18)12-16-5-3-9-19-11-16/h3,5,9,11,15H,4,6-8,10,12-14H2,1-2H3/t18-/m0/s1. The molecule has 6 nitrogen and oxygen atoms in total. The SMILES string of the molecule is CC(C)S(=O)(=O)N1CCC[C@@]2(CCC(=O)N(Cc3cccnc3)C2)C1. The number of amides is 1. The number of hydrogen-bond donors (Lipinski definition) is 0. The van der Waals surface area contributed by atoms with Crippen LogP contribution in [-0.2, 0) is 21.4 Å². The van der Waals surface area contributed by atoms with Crippen LogP contribution in [-0.4, -0.2) is 53.4 Å². The van der Waals surface area contributed by atoms with Crippen LogP contribution in [0.25, 0.3) is 0 Å². The molecule has 3 rings (SSSR count). The van der Waals surface area contributed by atoms with Crippen molar-refractivity contribution in [1.82, 2.24) is 14.2 Å². The normalized spacial score (nSPS) is 25.7. The molecule has 0 aliphatic carbocycles. The molecule has 0 bridgehead atoms. The monoisotopic (exact) mass is 365 g/mol. The van der Waals surface area contributed by atoms with Gasteiger partial charge in [0, 0.05) is 50.4 Å². The van der Waals surface area contributed by atoms with E-state index in [4.69, 9.17) is 0 Å². The molecule has 0 aromatic carbocycles. The predicted octanol–water partition coefficient (Wildman–Crippen LogP) is 2.02. The van der Waals surface area contributed by atoms with Crippen molar-refractivity contribution in [2.45, 2.75) is 51.3 Å². The molecule has 2 aliphatic heterocycles. The van der Waals surface area contributed by atoms with Gasteiger partial charge in [-0.1, -0.05) is 6.07 Å². The summed E-state index contributed by atoms with van der Waals surface area (Å²) < 4.78 is 26.8. The molecule has 138 valence electrons. The molecule has 2 saturated heterocycles. The van der Waals surface area contributed by atoms with Gasteiger partial charge in [-0.25, -0.2) is 12.7 Å².